The molecule has 1 aliphatic carbocycles. The quantitative estimate of drug-likeness (QED) is 0.781. The molecule has 2 atom stereocenters. The molecule has 0 saturated heterocycles. The summed E-state index contributed by atoms with van der Waals surface area (Å²) in [6, 6.07) is 0.00887. The van der Waals surface area contributed by atoms with Crippen molar-refractivity contribution < 1.29 is 4.79 Å². The van der Waals surface area contributed by atoms with Gasteiger partial charge in [0.1, 0.15) is 4.83 Å². The molecule has 2 aromatic rings. The number of nitrogens with zero attached hydrogens (tertiary/aromatic N) is 2. The predicted octanol–water partition coefficient (Wildman–Crippen LogP) is 1.46. The monoisotopic (exact) mass is 278 g/mol. The minimum absolute atomic E-state index is 0.00887. The van der Waals surface area contributed by atoms with Gasteiger partial charge in [0.2, 0.25) is 0 Å². The van der Waals surface area contributed by atoms with Crippen LogP contribution in [0.4, 0.5) is 0 Å². The Bertz CT molecular complexity index is 812. The molecule has 1 aliphatic rings. The van der Waals surface area contributed by atoms with Crippen molar-refractivity contribution in [1.29, 1.82) is 0 Å². The van der Waals surface area contributed by atoms with E-state index in [-0.39, 0.29) is 17.3 Å². The first-order valence-electron chi connectivity index (χ1n) is 6.17. The minimum Gasteiger partial charge on any atom is -0.297 e. The molecule has 3 rings (SSSR count). The summed E-state index contributed by atoms with van der Waals surface area (Å²) in [5.74, 6) is 0.368. The van der Waals surface area contributed by atoms with Crippen molar-refractivity contribution in [2.45, 2.75) is 26.3 Å². The maximum absolute atomic E-state index is 12.5. The molecule has 0 aromatic carbocycles. The molecule has 1 fully saturated rings. The highest BCUT2D eigenvalue weighted by molar-refractivity contribution is 7.20. The van der Waals surface area contributed by atoms with Crippen molar-refractivity contribution in [3.63, 3.8) is 0 Å². The lowest BCUT2D eigenvalue weighted by Crippen LogP contribution is -2.38. The normalized spacial score (nSPS) is 21.8. The molecule has 0 N–H and O–H groups in total. The summed E-state index contributed by atoms with van der Waals surface area (Å²) >= 11 is 1.20. The minimum atomic E-state index is -0.287. The lowest BCUT2D eigenvalue weighted by molar-refractivity contribution is 0.112. The molecule has 6 heteroatoms. The Hall–Kier alpha value is -1.69. The second-order valence-corrected chi connectivity index (χ2v) is 6.22. The van der Waals surface area contributed by atoms with Gasteiger partial charge in [-0.1, -0.05) is 6.92 Å². The Morgan fingerprint density at radius 2 is 2.00 bits per heavy atom. The third-order valence-corrected chi connectivity index (χ3v) is 5.19. The number of hydrogen-bond acceptors (Lipinski definition) is 4. The molecular formula is C13H14N2O3S. The van der Waals surface area contributed by atoms with E-state index in [1.807, 2.05) is 6.92 Å². The van der Waals surface area contributed by atoms with Gasteiger partial charge in [-0.3, -0.25) is 18.7 Å². The Kier molecular flexibility index (Phi) is 2.53. The molecule has 0 amide bonds. The van der Waals surface area contributed by atoms with E-state index >= 15 is 0 Å². The summed E-state index contributed by atoms with van der Waals surface area (Å²) in [6.07, 6.45) is 1.61. The van der Waals surface area contributed by atoms with Crippen molar-refractivity contribution >= 4 is 27.8 Å². The molecule has 0 aliphatic heterocycles. The standard InChI is InChI=1S/C13H14N2O3S/c1-6-4-8(6)15-11(17)10-7(2)9(5-16)19-12(10)14(3)13(15)18/h5-6,8H,4H2,1-3H3. The van der Waals surface area contributed by atoms with Gasteiger partial charge in [-0.05, 0) is 24.8 Å². The third kappa shape index (κ3) is 1.56. The van der Waals surface area contributed by atoms with Gasteiger partial charge in [0.15, 0.2) is 6.29 Å². The third-order valence-electron chi connectivity index (χ3n) is 3.90. The van der Waals surface area contributed by atoms with Gasteiger partial charge in [0.05, 0.1) is 10.3 Å². The topological polar surface area (TPSA) is 61.1 Å². The van der Waals surface area contributed by atoms with Gasteiger partial charge < -0.3 is 0 Å². The van der Waals surface area contributed by atoms with Crippen molar-refractivity contribution in [3.8, 4) is 0 Å². The average molecular weight is 278 g/mol. The van der Waals surface area contributed by atoms with E-state index in [1.165, 1.54) is 20.5 Å². The fourth-order valence-electron chi connectivity index (χ4n) is 2.53. The van der Waals surface area contributed by atoms with Crippen LogP contribution in [0.1, 0.15) is 34.6 Å². The molecule has 2 unspecified atom stereocenters. The van der Waals surface area contributed by atoms with E-state index in [9.17, 15) is 14.4 Å². The van der Waals surface area contributed by atoms with Gasteiger partial charge in [-0.25, -0.2) is 4.79 Å². The summed E-state index contributed by atoms with van der Waals surface area (Å²) in [7, 11) is 1.65. The molecule has 5 nitrogen and oxygen atoms in total. The fraction of sp³-hybridized carbons (Fsp3) is 0.462. The number of aryl methyl sites for hydroxylation is 2. The zero-order valence-corrected chi connectivity index (χ0v) is 11.8. The SMILES string of the molecule is Cc1c(C=O)sc2c1c(=O)n(C1CC1C)c(=O)n2C. The summed E-state index contributed by atoms with van der Waals surface area (Å²) in [6.45, 7) is 3.78. The lowest BCUT2D eigenvalue weighted by atomic mass is 10.2. The summed E-state index contributed by atoms with van der Waals surface area (Å²) < 4.78 is 2.83. The van der Waals surface area contributed by atoms with Gasteiger partial charge in [0.25, 0.3) is 5.56 Å². The zero-order chi connectivity index (χ0) is 13.9. The Balaban J connectivity index is 2.48. The van der Waals surface area contributed by atoms with Crippen LogP contribution in [0.2, 0.25) is 0 Å². The van der Waals surface area contributed by atoms with E-state index < -0.39 is 0 Å². The molecule has 100 valence electrons. The van der Waals surface area contributed by atoms with Gasteiger partial charge in [-0.15, -0.1) is 11.3 Å². The van der Waals surface area contributed by atoms with Crippen molar-refractivity contribution in [1.82, 2.24) is 9.13 Å². The second-order valence-electron chi connectivity index (χ2n) is 5.19. The number of aromatic nitrogens is 2. The fourth-order valence-corrected chi connectivity index (χ4v) is 3.60. The Morgan fingerprint density at radius 3 is 2.53 bits per heavy atom. The summed E-state index contributed by atoms with van der Waals surface area (Å²) in [5.41, 5.74) is 0.137. The average Bonchev–Trinajstić information content (AvgIpc) is 2.97. The van der Waals surface area contributed by atoms with E-state index in [2.05, 4.69) is 0 Å². The van der Waals surface area contributed by atoms with Crippen LogP contribution in [0.15, 0.2) is 9.59 Å². The number of thiophene rings is 1. The number of fused-ring (bicyclic) bond motifs is 1. The zero-order valence-electron chi connectivity index (χ0n) is 11.0. The number of aldehydes is 1. The Labute approximate surface area is 113 Å². The van der Waals surface area contributed by atoms with E-state index in [1.54, 1.807) is 14.0 Å². The van der Waals surface area contributed by atoms with Crippen LogP contribution in [0.3, 0.4) is 0 Å². The first-order chi connectivity index (χ1) is 8.97. The highest BCUT2D eigenvalue weighted by Crippen LogP contribution is 2.41. The molecular weight excluding hydrogens is 264 g/mol. The van der Waals surface area contributed by atoms with Crippen LogP contribution in [0.5, 0.6) is 0 Å². The second kappa shape index (κ2) is 3.90. The molecule has 0 radical (unpaired) electrons. The number of rotatable bonds is 2. The maximum atomic E-state index is 12.5. The van der Waals surface area contributed by atoms with Gasteiger partial charge in [0, 0.05) is 13.1 Å². The molecule has 2 aromatic heterocycles. The maximum Gasteiger partial charge on any atom is 0.332 e. The van der Waals surface area contributed by atoms with Crippen molar-refractivity contribution in [2.75, 3.05) is 0 Å². The van der Waals surface area contributed by atoms with E-state index in [4.69, 9.17) is 0 Å². The van der Waals surface area contributed by atoms with Crippen molar-refractivity contribution in [2.24, 2.45) is 13.0 Å². The first-order valence-corrected chi connectivity index (χ1v) is 6.98. The molecule has 0 bridgehead atoms. The summed E-state index contributed by atoms with van der Waals surface area (Å²) in [5, 5.41) is 0.508. The number of carbonyl (C=O) groups is 1. The van der Waals surface area contributed by atoms with Crippen LogP contribution >= 0.6 is 11.3 Å². The van der Waals surface area contributed by atoms with Gasteiger partial charge in [-0.2, -0.15) is 0 Å². The highest BCUT2D eigenvalue weighted by atomic mass is 32.1. The highest BCUT2D eigenvalue weighted by Gasteiger charge is 2.37. The van der Waals surface area contributed by atoms with Gasteiger partial charge >= 0.3 is 5.69 Å². The molecule has 0 spiro atoms. The summed E-state index contributed by atoms with van der Waals surface area (Å²) in [4.78, 5) is 36.9. The van der Waals surface area contributed by atoms with Crippen LogP contribution < -0.4 is 11.2 Å². The van der Waals surface area contributed by atoms with Crippen molar-refractivity contribution in [3.05, 3.63) is 31.3 Å². The lowest BCUT2D eigenvalue weighted by Gasteiger charge is -2.07. The van der Waals surface area contributed by atoms with Crippen LogP contribution in [-0.4, -0.2) is 15.4 Å². The Morgan fingerprint density at radius 1 is 1.37 bits per heavy atom. The van der Waals surface area contributed by atoms with E-state index in [0.717, 1.165) is 12.7 Å². The van der Waals surface area contributed by atoms with Crippen LogP contribution in [0, 0.1) is 12.8 Å². The molecule has 19 heavy (non-hydrogen) atoms. The van der Waals surface area contributed by atoms with Crippen LogP contribution in [0.25, 0.3) is 10.2 Å². The van der Waals surface area contributed by atoms with Crippen LogP contribution in [-0.2, 0) is 7.05 Å². The number of carbonyl (C=O) groups excluding carboxylic acids is 1. The van der Waals surface area contributed by atoms with E-state index in [0.29, 0.717) is 26.6 Å². The predicted molar refractivity (Wildman–Crippen MR) is 74.3 cm³/mol. The number of hydrogen-bond donors (Lipinski definition) is 0. The largest absolute Gasteiger partial charge is 0.332 e. The molecule has 1 saturated carbocycles. The smallest absolute Gasteiger partial charge is 0.297 e. The molecule has 2 heterocycles. The first kappa shape index (κ1) is 12.3.